The smallest absolute Gasteiger partial charge is 0.202 e. The van der Waals surface area contributed by atoms with Crippen LogP contribution in [0.3, 0.4) is 0 Å². The van der Waals surface area contributed by atoms with Gasteiger partial charge < -0.3 is 15.5 Å². The minimum Gasteiger partial charge on any atom is -0.456 e. The van der Waals surface area contributed by atoms with Crippen molar-refractivity contribution >= 4 is 11.6 Å². The number of aromatic nitrogens is 1. The first kappa shape index (κ1) is 12.4. The van der Waals surface area contributed by atoms with Crippen LogP contribution >= 0.6 is 0 Å². The van der Waals surface area contributed by atoms with Gasteiger partial charge in [-0.2, -0.15) is 12.1 Å². The molecule has 5 nitrogen and oxygen atoms in total. The van der Waals surface area contributed by atoms with Gasteiger partial charge in [-0.25, -0.2) is 0 Å². The van der Waals surface area contributed by atoms with Crippen LogP contribution < -0.4 is 11.2 Å². The molecule has 1 atom stereocenters. The number of nitrogens with one attached hydrogen (secondary N) is 1. The van der Waals surface area contributed by atoms with Gasteiger partial charge in [0, 0.05) is 39.1 Å². The van der Waals surface area contributed by atoms with Crippen LogP contribution in [-0.4, -0.2) is 17.1 Å². The van der Waals surface area contributed by atoms with E-state index in [-0.39, 0.29) is 38.9 Å². The monoisotopic (exact) mass is 280 g/mol. The number of rotatable bonds is 2. The van der Waals surface area contributed by atoms with Crippen molar-refractivity contribution in [2.24, 2.45) is 5.10 Å². The molecule has 1 unspecified atom stereocenters. The molecule has 0 aromatic carbocycles. The number of ether oxygens (including phenoxy) is 1. The number of nitrogens with zero attached hydrogens (tertiary/aromatic N) is 2. The molecule has 2 rings (SSSR count). The second-order valence-corrected chi connectivity index (χ2v) is 3.07. The predicted octanol–water partition coefficient (Wildman–Crippen LogP) is 0.283. The maximum absolute atomic E-state index is 5.46. The van der Waals surface area contributed by atoms with Crippen molar-refractivity contribution in [3.63, 3.8) is 0 Å². The van der Waals surface area contributed by atoms with E-state index in [0.717, 1.165) is 5.69 Å². The van der Waals surface area contributed by atoms with Crippen LogP contribution in [0.2, 0.25) is 0 Å². The Morgan fingerprint density at radius 2 is 2.47 bits per heavy atom. The average molecular weight is 280 g/mol. The zero-order valence-corrected chi connectivity index (χ0v) is 11.2. The van der Waals surface area contributed by atoms with Crippen molar-refractivity contribution in [3.05, 3.63) is 24.0 Å². The van der Waals surface area contributed by atoms with Crippen molar-refractivity contribution < 1.29 is 37.4 Å². The number of nitrogen functional groups attached to an aromatic ring is 1. The van der Waals surface area contributed by atoms with E-state index >= 15 is 0 Å². The SMILES string of the molecule is CC1NN=C(Cc2c[c-]c(N)cn2)O1.[Y]. The first-order chi connectivity index (χ1) is 6.74. The molecule has 0 bridgehead atoms. The molecule has 77 valence electrons. The van der Waals surface area contributed by atoms with Gasteiger partial charge in [0.2, 0.25) is 5.90 Å². The summed E-state index contributed by atoms with van der Waals surface area (Å²) in [7, 11) is 0. The Bertz CT molecular complexity index is 352. The third kappa shape index (κ3) is 3.43. The molecule has 0 fully saturated rings. The summed E-state index contributed by atoms with van der Waals surface area (Å²) in [6, 6.07) is 4.61. The molecule has 1 aliphatic heterocycles. The van der Waals surface area contributed by atoms with Crippen LogP contribution in [0.25, 0.3) is 0 Å². The summed E-state index contributed by atoms with van der Waals surface area (Å²) in [4.78, 5) is 4.12. The average Bonchev–Trinajstić information content (AvgIpc) is 2.56. The Morgan fingerprint density at radius 1 is 1.67 bits per heavy atom. The van der Waals surface area contributed by atoms with Gasteiger partial charge in [0.15, 0.2) is 6.23 Å². The number of anilines is 1. The van der Waals surface area contributed by atoms with Gasteiger partial charge in [-0.15, -0.1) is 5.10 Å². The number of pyridine rings is 1. The molecule has 0 saturated heterocycles. The van der Waals surface area contributed by atoms with Gasteiger partial charge in [0.1, 0.15) is 0 Å². The zero-order chi connectivity index (χ0) is 9.97. The van der Waals surface area contributed by atoms with Crippen LogP contribution in [0, 0.1) is 6.07 Å². The Morgan fingerprint density at radius 3 is 3.00 bits per heavy atom. The van der Waals surface area contributed by atoms with E-state index in [1.807, 2.05) is 6.92 Å². The molecule has 0 aliphatic carbocycles. The second-order valence-electron chi connectivity index (χ2n) is 3.07. The molecule has 0 spiro atoms. The van der Waals surface area contributed by atoms with Crippen LogP contribution in [0.15, 0.2) is 17.4 Å². The molecule has 2 heterocycles. The van der Waals surface area contributed by atoms with E-state index in [4.69, 9.17) is 10.5 Å². The van der Waals surface area contributed by atoms with E-state index < -0.39 is 0 Å². The van der Waals surface area contributed by atoms with E-state index in [0.29, 0.717) is 18.0 Å². The zero-order valence-electron chi connectivity index (χ0n) is 8.40. The Kier molecular flexibility index (Phi) is 4.48. The fourth-order valence-corrected chi connectivity index (χ4v) is 1.15. The van der Waals surface area contributed by atoms with Crippen molar-refractivity contribution in [1.82, 2.24) is 10.4 Å². The Labute approximate surface area is 113 Å². The largest absolute Gasteiger partial charge is 0.456 e. The van der Waals surface area contributed by atoms with E-state index in [9.17, 15) is 0 Å². The molecule has 1 aliphatic rings. The molecule has 1 radical (unpaired) electrons. The third-order valence-electron chi connectivity index (χ3n) is 1.79. The molecule has 0 amide bonds. The normalized spacial score (nSPS) is 18.5. The van der Waals surface area contributed by atoms with Crippen LogP contribution in [0.5, 0.6) is 0 Å². The number of hydrazone groups is 1. The fraction of sp³-hybridized carbons (Fsp3) is 0.333. The van der Waals surface area contributed by atoms with Gasteiger partial charge >= 0.3 is 0 Å². The molecule has 0 saturated carbocycles. The summed E-state index contributed by atoms with van der Waals surface area (Å²) in [6.45, 7) is 1.89. The van der Waals surface area contributed by atoms with Crippen LogP contribution in [-0.2, 0) is 43.9 Å². The molecular weight excluding hydrogens is 269 g/mol. The summed E-state index contributed by atoms with van der Waals surface area (Å²) in [5.41, 5.74) is 9.65. The van der Waals surface area contributed by atoms with Crippen molar-refractivity contribution in [3.8, 4) is 0 Å². The number of hydrogen-bond donors (Lipinski definition) is 2. The maximum atomic E-state index is 5.46. The molecule has 3 N–H and O–H groups in total. The first-order valence-electron chi connectivity index (χ1n) is 4.35. The summed E-state index contributed by atoms with van der Waals surface area (Å²) in [6.07, 6.45) is 2.08. The molecule has 15 heavy (non-hydrogen) atoms. The summed E-state index contributed by atoms with van der Waals surface area (Å²) in [5, 5.41) is 3.99. The van der Waals surface area contributed by atoms with Crippen LogP contribution in [0.1, 0.15) is 12.6 Å². The van der Waals surface area contributed by atoms with E-state index in [1.54, 1.807) is 12.3 Å². The van der Waals surface area contributed by atoms with Crippen molar-refractivity contribution in [1.29, 1.82) is 0 Å². The molecule has 6 heteroatoms. The summed E-state index contributed by atoms with van der Waals surface area (Å²) in [5.74, 6) is 0.642. The van der Waals surface area contributed by atoms with E-state index in [2.05, 4.69) is 21.6 Å². The van der Waals surface area contributed by atoms with Gasteiger partial charge in [-0.1, -0.05) is 17.6 Å². The Balaban J connectivity index is 0.00000112. The molecular formula is C9H11N4OY-. The van der Waals surface area contributed by atoms with Crippen molar-refractivity contribution in [2.75, 3.05) is 5.73 Å². The topological polar surface area (TPSA) is 72.5 Å². The Hall–Kier alpha value is -0.676. The maximum Gasteiger partial charge on any atom is 0.202 e. The minimum absolute atomic E-state index is 0. The summed E-state index contributed by atoms with van der Waals surface area (Å²) < 4.78 is 5.35. The van der Waals surface area contributed by atoms with Crippen LogP contribution in [0.4, 0.5) is 5.69 Å². The first-order valence-corrected chi connectivity index (χ1v) is 4.35. The van der Waals surface area contributed by atoms with Gasteiger partial charge in [-0.05, 0) is 6.92 Å². The summed E-state index contributed by atoms with van der Waals surface area (Å²) >= 11 is 0. The quantitative estimate of drug-likeness (QED) is 0.763. The minimum atomic E-state index is -0.0530. The molecule has 1 aromatic rings. The number of hydrogen-bond acceptors (Lipinski definition) is 5. The standard InChI is InChI=1S/C9H11N4O.Y/c1-6-12-13-9(14-6)4-8-3-2-7(10)5-11-8;/h3,5-6,12H,4,10H2,1H3;/q-1;. The second kappa shape index (κ2) is 5.42. The fourth-order valence-electron chi connectivity index (χ4n) is 1.15. The predicted molar refractivity (Wildman–Crippen MR) is 52.3 cm³/mol. The third-order valence-corrected chi connectivity index (χ3v) is 1.79. The molecule has 1 aromatic heterocycles. The van der Waals surface area contributed by atoms with Gasteiger partial charge in [0.25, 0.3) is 0 Å². The van der Waals surface area contributed by atoms with Crippen molar-refractivity contribution in [2.45, 2.75) is 19.6 Å². The van der Waals surface area contributed by atoms with Gasteiger partial charge in [-0.3, -0.25) is 5.43 Å². The van der Waals surface area contributed by atoms with E-state index in [1.165, 1.54) is 0 Å². The van der Waals surface area contributed by atoms with Gasteiger partial charge in [0.05, 0.1) is 0 Å². The number of nitrogens with two attached hydrogens (primary N) is 1.